The molecule has 0 aliphatic carbocycles. The fourth-order valence-corrected chi connectivity index (χ4v) is 2.64. The molecule has 1 heterocycles. The lowest BCUT2D eigenvalue weighted by molar-refractivity contribution is 0.154. The molecule has 4 nitrogen and oxygen atoms in total. The van der Waals surface area contributed by atoms with E-state index in [2.05, 4.69) is 0 Å². The number of aliphatic hydroxyl groups excluding tert-OH is 1. The van der Waals surface area contributed by atoms with Gasteiger partial charge in [0.1, 0.15) is 12.4 Å². The number of pyridine rings is 1. The molecule has 3 aromatic rings. The van der Waals surface area contributed by atoms with Gasteiger partial charge in [0.15, 0.2) is 0 Å². The molecule has 0 aliphatic rings. The van der Waals surface area contributed by atoms with E-state index in [-0.39, 0.29) is 12.1 Å². The van der Waals surface area contributed by atoms with Crippen molar-refractivity contribution in [2.45, 2.75) is 26.2 Å². The first-order valence-electron chi connectivity index (χ1n) is 8.24. The van der Waals surface area contributed by atoms with Crippen LogP contribution in [0.3, 0.4) is 0 Å². The van der Waals surface area contributed by atoms with Gasteiger partial charge in [-0.15, -0.1) is 0 Å². The van der Waals surface area contributed by atoms with Crippen LogP contribution in [-0.4, -0.2) is 9.67 Å². The summed E-state index contributed by atoms with van der Waals surface area (Å²) in [4.78, 5) is 12.1. The number of nitrogens with zero attached hydrogens (tertiary/aromatic N) is 1. The fraction of sp³-hybridized carbons (Fsp3) is 0.190. The third-order valence-corrected chi connectivity index (χ3v) is 4.07. The summed E-state index contributed by atoms with van der Waals surface area (Å²) in [6.07, 6.45) is 0.911. The van der Waals surface area contributed by atoms with Crippen molar-refractivity contribution in [3.63, 3.8) is 0 Å². The van der Waals surface area contributed by atoms with Gasteiger partial charge in [0.25, 0.3) is 5.56 Å². The largest absolute Gasteiger partial charge is 0.489 e. The van der Waals surface area contributed by atoms with Crippen LogP contribution in [0.25, 0.3) is 0 Å². The van der Waals surface area contributed by atoms with Crippen LogP contribution < -0.4 is 10.3 Å². The van der Waals surface area contributed by atoms with Gasteiger partial charge in [0, 0.05) is 11.8 Å². The van der Waals surface area contributed by atoms with Crippen molar-refractivity contribution in [1.29, 1.82) is 0 Å². The molecule has 0 spiro atoms. The van der Waals surface area contributed by atoms with E-state index in [0.717, 1.165) is 11.1 Å². The quantitative estimate of drug-likeness (QED) is 0.750. The zero-order valence-corrected chi connectivity index (χ0v) is 14.1. The lowest BCUT2D eigenvalue weighted by atomic mass is 10.1. The molecule has 3 rings (SSSR count). The first kappa shape index (κ1) is 17.0. The minimum atomic E-state index is -0.778. The molecule has 128 valence electrons. The van der Waals surface area contributed by atoms with Crippen LogP contribution in [0.5, 0.6) is 5.75 Å². The topological polar surface area (TPSA) is 51.5 Å². The molecular weight excluding hydrogens is 314 g/mol. The maximum absolute atomic E-state index is 12.1. The second-order valence-corrected chi connectivity index (χ2v) is 6.01. The Kier molecular flexibility index (Phi) is 5.31. The second kappa shape index (κ2) is 7.81. The van der Waals surface area contributed by atoms with E-state index >= 15 is 0 Å². The van der Waals surface area contributed by atoms with Crippen molar-refractivity contribution in [3.8, 4) is 5.75 Å². The lowest BCUT2D eigenvalue weighted by Crippen LogP contribution is -2.24. The molecule has 1 N–H and O–H groups in total. The van der Waals surface area contributed by atoms with Gasteiger partial charge in [-0.2, -0.15) is 0 Å². The van der Waals surface area contributed by atoms with Crippen LogP contribution in [0.4, 0.5) is 0 Å². The average molecular weight is 335 g/mol. The van der Waals surface area contributed by atoms with Gasteiger partial charge in [0.2, 0.25) is 0 Å². The van der Waals surface area contributed by atoms with Crippen molar-refractivity contribution < 1.29 is 9.84 Å². The SMILES string of the molecule is Cc1cccn(CC(O)c2cccc(OCc3ccccc3)c2)c1=O. The number of aliphatic hydroxyl groups is 1. The predicted octanol–water partition coefficient (Wildman–Crippen LogP) is 3.47. The van der Waals surface area contributed by atoms with Gasteiger partial charge in [-0.05, 0) is 36.2 Å². The van der Waals surface area contributed by atoms with Crippen molar-refractivity contribution >= 4 is 0 Å². The molecule has 1 aromatic heterocycles. The van der Waals surface area contributed by atoms with Gasteiger partial charge >= 0.3 is 0 Å². The van der Waals surface area contributed by atoms with Gasteiger partial charge < -0.3 is 14.4 Å². The van der Waals surface area contributed by atoms with Crippen molar-refractivity contribution in [2.75, 3.05) is 0 Å². The van der Waals surface area contributed by atoms with E-state index in [1.54, 1.807) is 19.2 Å². The molecule has 0 fully saturated rings. The first-order valence-corrected chi connectivity index (χ1v) is 8.24. The van der Waals surface area contributed by atoms with E-state index < -0.39 is 6.10 Å². The van der Waals surface area contributed by atoms with Crippen LogP contribution in [0.2, 0.25) is 0 Å². The Morgan fingerprint density at radius 3 is 2.64 bits per heavy atom. The molecule has 2 aromatic carbocycles. The van der Waals surface area contributed by atoms with E-state index in [0.29, 0.717) is 17.9 Å². The highest BCUT2D eigenvalue weighted by Gasteiger charge is 2.11. The average Bonchev–Trinajstić information content (AvgIpc) is 2.65. The van der Waals surface area contributed by atoms with Crippen LogP contribution in [-0.2, 0) is 13.2 Å². The Balaban J connectivity index is 1.70. The summed E-state index contributed by atoms with van der Waals surface area (Å²) >= 11 is 0. The van der Waals surface area contributed by atoms with E-state index in [1.807, 2.05) is 60.7 Å². The second-order valence-electron chi connectivity index (χ2n) is 6.01. The van der Waals surface area contributed by atoms with Crippen LogP contribution >= 0.6 is 0 Å². The number of rotatable bonds is 6. The fourth-order valence-electron chi connectivity index (χ4n) is 2.64. The Morgan fingerprint density at radius 2 is 1.84 bits per heavy atom. The van der Waals surface area contributed by atoms with Crippen LogP contribution in [0, 0.1) is 6.92 Å². The molecule has 4 heteroatoms. The highest BCUT2D eigenvalue weighted by Crippen LogP contribution is 2.21. The normalized spacial score (nSPS) is 11.9. The van der Waals surface area contributed by atoms with Gasteiger partial charge in [-0.25, -0.2) is 0 Å². The molecule has 1 unspecified atom stereocenters. The zero-order chi connectivity index (χ0) is 17.6. The minimum absolute atomic E-state index is 0.0852. The highest BCUT2D eigenvalue weighted by molar-refractivity contribution is 5.30. The zero-order valence-electron chi connectivity index (χ0n) is 14.1. The Morgan fingerprint density at radius 1 is 1.04 bits per heavy atom. The molecule has 0 bridgehead atoms. The molecule has 0 saturated carbocycles. The Bertz CT molecular complexity index is 887. The number of benzene rings is 2. The molecule has 1 atom stereocenters. The monoisotopic (exact) mass is 335 g/mol. The van der Waals surface area contributed by atoms with Crippen molar-refractivity contribution in [2.24, 2.45) is 0 Å². The number of aryl methyl sites for hydroxylation is 1. The summed E-state index contributed by atoms with van der Waals surface area (Å²) in [5, 5.41) is 10.5. The molecule has 25 heavy (non-hydrogen) atoms. The van der Waals surface area contributed by atoms with Crippen molar-refractivity contribution in [3.05, 3.63) is 100.0 Å². The van der Waals surface area contributed by atoms with Crippen LogP contribution in [0.15, 0.2) is 77.7 Å². The van der Waals surface area contributed by atoms with Crippen LogP contribution in [0.1, 0.15) is 22.8 Å². The smallest absolute Gasteiger partial charge is 0.253 e. The predicted molar refractivity (Wildman–Crippen MR) is 97.6 cm³/mol. The molecule has 0 amide bonds. The minimum Gasteiger partial charge on any atom is -0.489 e. The Hall–Kier alpha value is -2.85. The summed E-state index contributed by atoms with van der Waals surface area (Å²) in [7, 11) is 0. The standard InChI is InChI=1S/C21H21NO3/c1-16-7-6-12-22(21(16)24)14-20(23)18-10-5-11-19(13-18)25-15-17-8-3-2-4-9-17/h2-13,20,23H,14-15H2,1H3. The highest BCUT2D eigenvalue weighted by atomic mass is 16.5. The summed E-state index contributed by atoms with van der Waals surface area (Å²) < 4.78 is 7.32. The van der Waals surface area contributed by atoms with Gasteiger partial charge in [-0.3, -0.25) is 4.79 Å². The van der Waals surface area contributed by atoms with E-state index in [4.69, 9.17) is 4.74 Å². The van der Waals surface area contributed by atoms with E-state index in [1.165, 1.54) is 4.57 Å². The van der Waals surface area contributed by atoms with Gasteiger partial charge in [-0.1, -0.05) is 48.5 Å². The molecule has 0 saturated heterocycles. The number of ether oxygens (including phenoxy) is 1. The van der Waals surface area contributed by atoms with Gasteiger partial charge in [0.05, 0.1) is 12.6 Å². The summed E-state index contributed by atoms with van der Waals surface area (Å²) in [6, 6.07) is 20.8. The molecule has 0 aliphatic heterocycles. The summed E-state index contributed by atoms with van der Waals surface area (Å²) in [6.45, 7) is 2.45. The first-order chi connectivity index (χ1) is 12.1. The summed E-state index contributed by atoms with van der Waals surface area (Å²) in [5.41, 5.74) is 2.38. The number of hydrogen-bond acceptors (Lipinski definition) is 3. The maximum Gasteiger partial charge on any atom is 0.253 e. The maximum atomic E-state index is 12.1. The van der Waals surface area contributed by atoms with Crippen molar-refractivity contribution in [1.82, 2.24) is 4.57 Å². The molecule has 0 radical (unpaired) electrons. The molecular formula is C21H21NO3. The number of aromatic nitrogens is 1. The lowest BCUT2D eigenvalue weighted by Gasteiger charge is -2.15. The third kappa shape index (κ3) is 4.37. The van der Waals surface area contributed by atoms with E-state index in [9.17, 15) is 9.90 Å². The Labute approximate surface area is 147 Å². The number of hydrogen-bond donors (Lipinski definition) is 1. The summed E-state index contributed by atoms with van der Waals surface area (Å²) in [5.74, 6) is 0.692. The third-order valence-electron chi connectivity index (χ3n) is 4.07.